The van der Waals surface area contributed by atoms with Crippen LogP contribution in [0.5, 0.6) is 0 Å². The summed E-state index contributed by atoms with van der Waals surface area (Å²) in [7, 11) is 3.99. The van der Waals surface area contributed by atoms with Gasteiger partial charge in [0.15, 0.2) is 0 Å². The van der Waals surface area contributed by atoms with Gasteiger partial charge < -0.3 is 15.1 Å². The van der Waals surface area contributed by atoms with Crippen LogP contribution in [0.15, 0.2) is 30.6 Å². The van der Waals surface area contributed by atoms with E-state index in [9.17, 15) is 0 Å². The highest BCUT2D eigenvalue weighted by molar-refractivity contribution is 5.46. The Labute approximate surface area is 156 Å². The Morgan fingerprint density at radius 3 is 2.69 bits per heavy atom. The monoisotopic (exact) mass is 354 g/mol. The lowest BCUT2D eigenvalue weighted by Gasteiger charge is -2.33. The van der Waals surface area contributed by atoms with Crippen molar-refractivity contribution in [2.45, 2.75) is 38.6 Å². The minimum Gasteiger partial charge on any atom is -0.356 e. The Kier molecular flexibility index (Phi) is 6.39. The third-order valence-electron chi connectivity index (χ3n) is 4.90. The Morgan fingerprint density at radius 2 is 2.04 bits per heavy atom. The zero-order chi connectivity index (χ0) is 18.4. The molecule has 0 amide bonds. The highest BCUT2D eigenvalue weighted by Gasteiger charge is 2.21. The summed E-state index contributed by atoms with van der Waals surface area (Å²) in [4.78, 5) is 17.9. The van der Waals surface area contributed by atoms with Crippen molar-refractivity contribution in [1.82, 2.24) is 20.3 Å². The lowest BCUT2D eigenvalue weighted by Crippen LogP contribution is -2.43. The molecule has 0 aromatic carbocycles. The molecule has 6 heteroatoms. The van der Waals surface area contributed by atoms with Crippen molar-refractivity contribution < 1.29 is 0 Å². The molecule has 1 saturated heterocycles. The molecule has 0 bridgehead atoms. The number of anilines is 2. The van der Waals surface area contributed by atoms with Crippen LogP contribution in [-0.2, 0) is 12.8 Å². The molecule has 26 heavy (non-hydrogen) atoms. The van der Waals surface area contributed by atoms with Crippen molar-refractivity contribution in [3.63, 3.8) is 0 Å². The molecule has 1 aliphatic rings. The molecule has 1 N–H and O–H groups in total. The lowest BCUT2D eigenvalue weighted by molar-refractivity contribution is 0.416. The molecule has 0 spiro atoms. The highest BCUT2D eigenvalue weighted by Crippen LogP contribution is 2.21. The lowest BCUT2D eigenvalue weighted by atomic mass is 10.0. The predicted molar refractivity (Wildman–Crippen MR) is 107 cm³/mol. The van der Waals surface area contributed by atoms with Gasteiger partial charge >= 0.3 is 0 Å². The van der Waals surface area contributed by atoms with Gasteiger partial charge in [0.2, 0.25) is 5.95 Å². The van der Waals surface area contributed by atoms with Crippen molar-refractivity contribution in [2.75, 3.05) is 43.5 Å². The quantitative estimate of drug-likeness (QED) is 0.823. The van der Waals surface area contributed by atoms with Crippen LogP contribution in [0.3, 0.4) is 0 Å². The number of aryl methyl sites for hydroxylation is 1. The molecular formula is C20H30N6. The minimum atomic E-state index is 0.587. The van der Waals surface area contributed by atoms with Crippen LogP contribution in [0.25, 0.3) is 0 Å². The van der Waals surface area contributed by atoms with Gasteiger partial charge in [0.05, 0.1) is 0 Å². The molecule has 2 aromatic heterocycles. The zero-order valence-electron chi connectivity index (χ0n) is 16.1. The number of hydrogen-bond donors (Lipinski definition) is 1. The van der Waals surface area contributed by atoms with E-state index in [2.05, 4.69) is 39.2 Å². The number of pyridine rings is 1. The van der Waals surface area contributed by atoms with Crippen LogP contribution in [0, 0.1) is 0 Å². The standard InChI is InChI=1S/C20H30N6/c1-4-17-14-19(24-20(23-17)25(2)3)26-12-8-18(9-13-26)22-11-7-16-6-5-10-21-15-16/h5-6,10,14-15,18,22H,4,7-9,11-13H2,1-3H3. The summed E-state index contributed by atoms with van der Waals surface area (Å²) in [5.74, 6) is 1.87. The highest BCUT2D eigenvalue weighted by atomic mass is 15.3. The Morgan fingerprint density at radius 1 is 1.23 bits per heavy atom. The molecule has 3 rings (SSSR count). The van der Waals surface area contributed by atoms with Crippen molar-refractivity contribution in [3.05, 3.63) is 41.9 Å². The first-order valence-corrected chi connectivity index (χ1v) is 9.58. The van der Waals surface area contributed by atoms with Gasteiger partial charge in [0.1, 0.15) is 5.82 Å². The first-order valence-electron chi connectivity index (χ1n) is 9.58. The van der Waals surface area contributed by atoms with Crippen molar-refractivity contribution in [2.24, 2.45) is 0 Å². The van der Waals surface area contributed by atoms with Crippen LogP contribution in [0.2, 0.25) is 0 Å². The first kappa shape index (κ1) is 18.6. The van der Waals surface area contributed by atoms with E-state index in [0.717, 1.165) is 62.8 Å². The van der Waals surface area contributed by atoms with E-state index >= 15 is 0 Å². The number of nitrogens with zero attached hydrogens (tertiary/aromatic N) is 5. The summed E-state index contributed by atoms with van der Waals surface area (Å²) in [6.45, 7) is 5.23. The zero-order valence-corrected chi connectivity index (χ0v) is 16.1. The molecule has 0 saturated carbocycles. The predicted octanol–water partition coefficient (Wildman–Crippen LogP) is 2.30. The Bertz CT molecular complexity index is 680. The normalized spacial score (nSPS) is 15.3. The first-order chi connectivity index (χ1) is 12.7. The number of piperidine rings is 1. The van der Waals surface area contributed by atoms with Gasteiger partial charge in [-0.15, -0.1) is 0 Å². The minimum absolute atomic E-state index is 0.587. The Balaban J connectivity index is 1.51. The molecule has 3 heterocycles. The van der Waals surface area contributed by atoms with Gasteiger partial charge in [-0.3, -0.25) is 4.98 Å². The number of rotatable bonds is 7. The second-order valence-corrected chi connectivity index (χ2v) is 7.09. The Hall–Kier alpha value is -2.21. The SMILES string of the molecule is CCc1cc(N2CCC(NCCc3cccnc3)CC2)nc(N(C)C)n1. The number of nitrogens with one attached hydrogen (secondary N) is 1. The van der Waals surface area contributed by atoms with E-state index in [1.54, 1.807) is 0 Å². The van der Waals surface area contributed by atoms with E-state index < -0.39 is 0 Å². The van der Waals surface area contributed by atoms with E-state index in [4.69, 9.17) is 4.98 Å². The molecule has 140 valence electrons. The van der Waals surface area contributed by atoms with E-state index in [-0.39, 0.29) is 0 Å². The van der Waals surface area contributed by atoms with Gasteiger partial charge in [0.25, 0.3) is 0 Å². The number of hydrogen-bond acceptors (Lipinski definition) is 6. The molecule has 6 nitrogen and oxygen atoms in total. The third kappa shape index (κ3) is 4.91. The van der Waals surface area contributed by atoms with Crippen molar-refractivity contribution in [3.8, 4) is 0 Å². The van der Waals surface area contributed by atoms with Gasteiger partial charge in [-0.05, 0) is 43.9 Å². The molecular weight excluding hydrogens is 324 g/mol. The summed E-state index contributed by atoms with van der Waals surface area (Å²) in [6.07, 6.45) is 8.04. The fourth-order valence-corrected chi connectivity index (χ4v) is 3.29. The van der Waals surface area contributed by atoms with Crippen LogP contribution in [-0.4, -0.2) is 54.7 Å². The second-order valence-electron chi connectivity index (χ2n) is 7.09. The number of aromatic nitrogens is 3. The van der Waals surface area contributed by atoms with E-state index in [1.807, 2.05) is 37.5 Å². The van der Waals surface area contributed by atoms with Crippen LogP contribution < -0.4 is 15.1 Å². The fourth-order valence-electron chi connectivity index (χ4n) is 3.29. The molecule has 0 radical (unpaired) electrons. The molecule has 1 fully saturated rings. The van der Waals surface area contributed by atoms with Gasteiger partial charge in [0, 0.05) is 57.4 Å². The summed E-state index contributed by atoms with van der Waals surface area (Å²) in [5.41, 5.74) is 2.40. The topological polar surface area (TPSA) is 57.2 Å². The van der Waals surface area contributed by atoms with Gasteiger partial charge in [-0.25, -0.2) is 4.98 Å². The van der Waals surface area contributed by atoms with Crippen molar-refractivity contribution in [1.29, 1.82) is 0 Å². The van der Waals surface area contributed by atoms with E-state index in [1.165, 1.54) is 5.56 Å². The average Bonchev–Trinajstić information content (AvgIpc) is 2.69. The van der Waals surface area contributed by atoms with Crippen LogP contribution >= 0.6 is 0 Å². The van der Waals surface area contributed by atoms with Crippen molar-refractivity contribution >= 4 is 11.8 Å². The summed E-state index contributed by atoms with van der Waals surface area (Å²) < 4.78 is 0. The molecule has 2 aromatic rings. The van der Waals surface area contributed by atoms with Gasteiger partial charge in [-0.2, -0.15) is 4.98 Å². The smallest absolute Gasteiger partial charge is 0.227 e. The van der Waals surface area contributed by atoms with Crippen LogP contribution in [0.4, 0.5) is 11.8 Å². The summed E-state index contributed by atoms with van der Waals surface area (Å²) in [5, 5.41) is 3.70. The molecule has 1 aliphatic heterocycles. The maximum absolute atomic E-state index is 4.74. The summed E-state index contributed by atoms with van der Waals surface area (Å²) >= 11 is 0. The van der Waals surface area contributed by atoms with Gasteiger partial charge in [-0.1, -0.05) is 13.0 Å². The van der Waals surface area contributed by atoms with E-state index in [0.29, 0.717) is 6.04 Å². The average molecular weight is 355 g/mol. The molecule has 0 unspecified atom stereocenters. The second kappa shape index (κ2) is 8.94. The molecule has 0 atom stereocenters. The third-order valence-corrected chi connectivity index (χ3v) is 4.90. The summed E-state index contributed by atoms with van der Waals surface area (Å²) in [6, 6.07) is 6.87. The maximum Gasteiger partial charge on any atom is 0.227 e. The largest absolute Gasteiger partial charge is 0.356 e. The van der Waals surface area contributed by atoms with Crippen LogP contribution in [0.1, 0.15) is 31.0 Å². The maximum atomic E-state index is 4.74. The molecule has 0 aliphatic carbocycles. The fraction of sp³-hybridized carbons (Fsp3) is 0.550.